The molecular weight excluding hydrogens is 380 g/mol. The first-order valence-electron chi connectivity index (χ1n) is 10.2. The van der Waals surface area contributed by atoms with Crippen LogP contribution in [0.2, 0.25) is 0 Å². The number of carbonyl (C=O) groups excluding carboxylic acids is 1. The summed E-state index contributed by atoms with van der Waals surface area (Å²) in [6, 6.07) is 17.6. The molecule has 1 atom stereocenters. The van der Waals surface area contributed by atoms with E-state index in [-0.39, 0.29) is 12.0 Å². The highest BCUT2D eigenvalue weighted by Crippen LogP contribution is 2.25. The number of rotatable bonds is 10. The van der Waals surface area contributed by atoms with Crippen molar-refractivity contribution in [3.63, 3.8) is 0 Å². The first kappa shape index (κ1) is 21.6. The molecule has 158 valence electrons. The van der Waals surface area contributed by atoms with E-state index in [1.807, 2.05) is 68.4 Å². The molecule has 1 aromatic heterocycles. The number of oxazole rings is 1. The summed E-state index contributed by atoms with van der Waals surface area (Å²) in [4.78, 5) is 15.6. The molecule has 6 nitrogen and oxygen atoms in total. The van der Waals surface area contributed by atoms with Crippen LogP contribution in [0, 0.1) is 6.92 Å². The summed E-state index contributed by atoms with van der Waals surface area (Å²) in [7, 11) is 0. The van der Waals surface area contributed by atoms with Crippen LogP contribution in [-0.4, -0.2) is 24.0 Å². The molecule has 6 heteroatoms. The quantitative estimate of drug-likeness (QED) is 0.520. The molecule has 1 heterocycles. The van der Waals surface area contributed by atoms with Gasteiger partial charge < -0.3 is 19.2 Å². The lowest BCUT2D eigenvalue weighted by atomic mass is 10.1. The maximum Gasteiger partial charge on any atom is 0.226 e. The number of hydrogen-bond donors (Lipinski definition) is 1. The molecule has 0 bridgehead atoms. The van der Waals surface area contributed by atoms with Crippen molar-refractivity contribution in [1.82, 2.24) is 10.3 Å². The molecule has 0 saturated heterocycles. The molecule has 1 N–H and O–H groups in total. The van der Waals surface area contributed by atoms with Gasteiger partial charge in [0.05, 0.1) is 6.10 Å². The minimum Gasteiger partial charge on any atom is -0.487 e. The van der Waals surface area contributed by atoms with Crippen LogP contribution in [0.1, 0.15) is 43.4 Å². The normalized spacial score (nSPS) is 11.8. The van der Waals surface area contributed by atoms with Crippen molar-refractivity contribution in [1.29, 1.82) is 0 Å². The minimum absolute atomic E-state index is 0.0347. The van der Waals surface area contributed by atoms with E-state index in [4.69, 9.17) is 13.9 Å². The lowest BCUT2D eigenvalue weighted by Crippen LogP contribution is -2.23. The SMILES string of the molecule is CCOC(CCNC(C)=O)c1ccc(OCc2nc(-c3ccccc3)oc2C)cc1. The van der Waals surface area contributed by atoms with E-state index in [1.165, 1.54) is 6.92 Å². The van der Waals surface area contributed by atoms with Crippen LogP contribution in [0.3, 0.4) is 0 Å². The molecule has 0 fully saturated rings. The monoisotopic (exact) mass is 408 g/mol. The number of ether oxygens (including phenoxy) is 2. The molecule has 0 spiro atoms. The summed E-state index contributed by atoms with van der Waals surface area (Å²) in [5, 5.41) is 2.81. The molecule has 1 unspecified atom stereocenters. The van der Waals surface area contributed by atoms with Crippen molar-refractivity contribution < 1.29 is 18.7 Å². The number of amides is 1. The van der Waals surface area contributed by atoms with E-state index >= 15 is 0 Å². The van der Waals surface area contributed by atoms with Crippen LogP contribution in [0.4, 0.5) is 0 Å². The average molecular weight is 408 g/mol. The number of aromatic nitrogens is 1. The van der Waals surface area contributed by atoms with Gasteiger partial charge in [-0.05, 0) is 50.1 Å². The molecule has 0 aliphatic rings. The largest absolute Gasteiger partial charge is 0.487 e. The van der Waals surface area contributed by atoms with Gasteiger partial charge in [-0.25, -0.2) is 4.98 Å². The van der Waals surface area contributed by atoms with Crippen molar-refractivity contribution in [2.45, 2.75) is 39.9 Å². The molecule has 0 saturated carbocycles. The van der Waals surface area contributed by atoms with Gasteiger partial charge in [0.1, 0.15) is 23.8 Å². The predicted molar refractivity (Wildman–Crippen MR) is 115 cm³/mol. The second kappa shape index (κ2) is 10.6. The van der Waals surface area contributed by atoms with Gasteiger partial charge in [0.25, 0.3) is 0 Å². The van der Waals surface area contributed by atoms with Crippen LogP contribution in [0.5, 0.6) is 5.75 Å². The van der Waals surface area contributed by atoms with Crippen molar-refractivity contribution >= 4 is 5.91 Å². The standard InChI is InChI=1S/C24H28N2O4/c1-4-28-23(14-15-25-18(3)27)19-10-12-21(13-11-19)29-16-22-17(2)30-24(26-22)20-8-6-5-7-9-20/h5-13,23H,4,14-16H2,1-3H3,(H,25,27). The highest BCUT2D eigenvalue weighted by atomic mass is 16.5. The Morgan fingerprint density at radius 1 is 1.13 bits per heavy atom. The lowest BCUT2D eigenvalue weighted by Gasteiger charge is -2.18. The van der Waals surface area contributed by atoms with Gasteiger partial charge in [0.2, 0.25) is 11.8 Å². The number of benzene rings is 2. The van der Waals surface area contributed by atoms with E-state index in [1.54, 1.807) is 0 Å². The predicted octanol–water partition coefficient (Wildman–Crippen LogP) is 4.83. The second-order valence-corrected chi connectivity index (χ2v) is 6.96. The van der Waals surface area contributed by atoms with Crippen LogP contribution in [-0.2, 0) is 16.1 Å². The Morgan fingerprint density at radius 2 is 1.87 bits per heavy atom. The number of nitrogens with one attached hydrogen (secondary N) is 1. The fraction of sp³-hybridized carbons (Fsp3) is 0.333. The van der Waals surface area contributed by atoms with Gasteiger partial charge in [-0.1, -0.05) is 30.3 Å². The molecule has 1 amide bonds. The van der Waals surface area contributed by atoms with Crippen LogP contribution >= 0.6 is 0 Å². The summed E-state index contributed by atoms with van der Waals surface area (Å²) in [6.45, 7) is 6.89. The highest BCUT2D eigenvalue weighted by molar-refractivity contribution is 5.72. The smallest absolute Gasteiger partial charge is 0.226 e. The average Bonchev–Trinajstić information content (AvgIpc) is 3.13. The molecule has 30 heavy (non-hydrogen) atoms. The number of hydrogen-bond acceptors (Lipinski definition) is 5. The zero-order chi connectivity index (χ0) is 21.3. The van der Waals surface area contributed by atoms with Gasteiger partial charge in [-0.3, -0.25) is 4.79 Å². The fourth-order valence-electron chi connectivity index (χ4n) is 3.12. The fourth-order valence-corrected chi connectivity index (χ4v) is 3.12. The van der Waals surface area contributed by atoms with Crippen molar-refractivity contribution in [3.05, 3.63) is 71.6 Å². The molecule has 3 rings (SSSR count). The van der Waals surface area contributed by atoms with Crippen LogP contribution < -0.4 is 10.1 Å². The Bertz CT molecular complexity index is 936. The van der Waals surface area contributed by atoms with Gasteiger partial charge in [0, 0.05) is 25.6 Å². The van der Waals surface area contributed by atoms with E-state index in [0.717, 1.165) is 28.3 Å². The molecule has 2 aromatic carbocycles. The van der Waals surface area contributed by atoms with Gasteiger partial charge in [0.15, 0.2) is 0 Å². The van der Waals surface area contributed by atoms with E-state index < -0.39 is 0 Å². The van der Waals surface area contributed by atoms with Crippen molar-refractivity contribution in [2.75, 3.05) is 13.2 Å². The second-order valence-electron chi connectivity index (χ2n) is 6.96. The van der Waals surface area contributed by atoms with Crippen molar-refractivity contribution in [2.24, 2.45) is 0 Å². The van der Waals surface area contributed by atoms with Gasteiger partial charge in [-0.15, -0.1) is 0 Å². The Morgan fingerprint density at radius 3 is 2.53 bits per heavy atom. The summed E-state index contributed by atoms with van der Waals surface area (Å²) in [6.07, 6.45) is 0.649. The number of nitrogens with zero attached hydrogens (tertiary/aromatic N) is 1. The first-order chi connectivity index (χ1) is 14.6. The highest BCUT2D eigenvalue weighted by Gasteiger charge is 2.14. The zero-order valence-electron chi connectivity index (χ0n) is 17.7. The Hall–Kier alpha value is -3.12. The Labute approximate surface area is 177 Å². The molecule has 0 aliphatic carbocycles. The maximum absolute atomic E-state index is 11.1. The third-order valence-electron chi connectivity index (χ3n) is 4.69. The maximum atomic E-state index is 11.1. The van der Waals surface area contributed by atoms with Crippen LogP contribution in [0.15, 0.2) is 59.0 Å². The first-order valence-corrected chi connectivity index (χ1v) is 10.2. The summed E-state index contributed by atoms with van der Waals surface area (Å²) in [5.74, 6) is 2.06. The van der Waals surface area contributed by atoms with E-state index in [0.29, 0.717) is 32.1 Å². The van der Waals surface area contributed by atoms with E-state index in [2.05, 4.69) is 10.3 Å². The summed E-state index contributed by atoms with van der Waals surface area (Å²) < 4.78 is 17.5. The van der Waals surface area contributed by atoms with Crippen LogP contribution in [0.25, 0.3) is 11.5 Å². The topological polar surface area (TPSA) is 73.6 Å². The van der Waals surface area contributed by atoms with E-state index in [9.17, 15) is 4.79 Å². The minimum atomic E-state index is -0.0675. The Kier molecular flexibility index (Phi) is 7.63. The number of aryl methyl sites for hydroxylation is 1. The van der Waals surface area contributed by atoms with Gasteiger partial charge >= 0.3 is 0 Å². The third kappa shape index (κ3) is 5.94. The molecule has 3 aromatic rings. The number of carbonyl (C=O) groups is 1. The summed E-state index contributed by atoms with van der Waals surface area (Å²) >= 11 is 0. The zero-order valence-corrected chi connectivity index (χ0v) is 17.7. The molecular formula is C24H28N2O4. The molecule has 0 radical (unpaired) electrons. The van der Waals surface area contributed by atoms with Crippen molar-refractivity contribution in [3.8, 4) is 17.2 Å². The molecule has 0 aliphatic heterocycles. The Balaban J connectivity index is 1.60. The van der Waals surface area contributed by atoms with Gasteiger partial charge in [-0.2, -0.15) is 0 Å². The summed E-state index contributed by atoms with van der Waals surface area (Å²) in [5.41, 5.74) is 2.77. The lowest BCUT2D eigenvalue weighted by molar-refractivity contribution is -0.119. The third-order valence-corrected chi connectivity index (χ3v) is 4.69.